The Bertz CT molecular complexity index is 930. The van der Waals surface area contributed by atoms with Gasteiger partial charge >= 0.3 is 0 Å². The van der Waals surface area contributed by atoms with Crippen molar-refractivity contribution in [3.63, 3.8) is 0 Å². The maximum atomic E-state index is 13.1. The number of hydrogen-bond acceptors (Lipinski definition) is 5. The van der Waals surface area contributed by atoms with E-state index < -0.39 is 0 Å². The van der Waals surface area contributed by atoms with E-state index in [0.717, 1.165) is 19.3 Å². The summed E-state index contributed by atoms with van der Waals surface area (Å²) in [5.41, 5.74) is 0.955. The van der Waals surface area contributed by atoms with Crippen molar-refractivity contribution in [3.05, 3.63) is 46.2 Å². The maximum absolute atomic E-state index is 13.1. The molecule has 1 saturated heterocycles. The van der Waals surface area contributed by atoms with Gasteiger partial charge in [-0.3, -0.25) is 19.3 Å². The summed E-state index contributed by atoms with van der Waals surface area (Å²) in [6.45, 7) is 3.96. The quantitative estimate of drug-likeness (QED) is 0.721. The average Bonchev–Trinajstić information content (AvgIpc) is 3.24. The highest BCUT2D eigenvalue weighted by Gasteiger charge is 2.34. The lowest BCUT2D eigenvalue weighted by molar-refractivity contribution is -0.137. The third kappa shape index (κ3) is 3.79. The Labute approximate surface area is 174 Å². The van der Waals surface area contributed by atoms with Gasteiger partial charge < -0.3 is 9.64 Å². The Morgan fingerprint density at radius 2 is 1.93 bits per heavy atom. The van der Waals surface area contributed by atoms with Crippen LogP contribution in [0.1, 0.15) is 48.3 Å². The number of benzene rings is 1. The summed E-state index contributed by atoms with van der Waals surface area (Å²) in [5, 5.41) is 1.85. The smallest absolute Gasteiger partial charge is 0.265 e. The Balaban J connectivity index is 1.62. The lowest BCUT2D eigenvalue weighted by atomic mass is 9.97. The van der Waals surface area contributed by atoms with E-state index in [2.05, 4.69) is 13.8 Å². The van der Waals surface area contributed by atoms with E-state index in [-0.39, 0.29) is 42.8 Å². The second kappa shape index (κ2) is 7.99. The number of anilines is 1. The minimum absolute atomic E-state index is 0.0412. The van der Waals surface area contributed by atoms with Gasteiger partial charge in [-0.05, 0) is 62.8 Å². The van der Waals surface area contributed by atoms with Crippen molar-refractivity contribution >= 4 is 34.6 Å². The van der Waals surface area contributed by atoms with Crippen molar-refractivity contribution in [2.24, 2.45) is 0 Å². The number of amides is 2. The Hall–Kier alpha value is -2.67. The van der Waals surface area contributed by atoms with Crippen LogP contribution in [0.25, 0.3) is 0 Å². The van der Waals surface area contributed by atoms with Crippen LogP contribution in [0.3, 0.4) is 0 Å². The van der Waals surface area contributed by atoms with E-state index in [9.17, 15) is 14.4 Å². The molecular weight excluding hydrogens is 388 g/mol. The third-order valence-corrected chi connectivity index (χ3v) is 6.55. The zero-order chi connectivity index (χ0) is 20.5. The lowest BCUT2D eigenvalue weighted by Gasteiger charge is -2.40. The normalized spacial score (nSPS) is 21.5. The van der Waals surface area contributed by atoms with Crippen LogP contribution in [0.15, 0.2) is 35.7 Å². The highest BCUT2D eigenvalue weighted by Crippen LogP contribution is 2.34. The largest absolute Gasteiger partial charge is 0.482 e. The molecule has 152 valence electrons. The molecule has 0 radical (unpaired) electrons. The van der Waals surface area contributed by atoms with Crippen molar-refractivity contribution in [2.75, 3.05) is 18.1 Å². The van der Waals surface area contributed by atoms with Gasteiger partial charge in [-0.15, -0.1) is 11.3 Å². The molecule has 0 N–H and O–H groups in total. The molecule has 0 saturated carbocycles. The minimum Gasteiger partial charge on any atom is -0.482 e. The SMILES string of the molecule is CC1CCCC(C)N1C(=O)CN1C(=O)COc2ccc(C(=O)c3cccs3)cc21. The van der Waals surface area contributed by atoms with Crippen molar-refractivity contribution in [1.82, 2.24) is 4.90 Å². The first kappa shape index (κ1) is 19.6. The number of carbonyl (C=O) groups is 3. The maximum Gasteiger partial charge on any atom is 0.265 e. The molecule has 4 rings (SSSR count). The summed E-state index contributed by atoms with van der Waals surface area (Å²) in [7, 11) is 0. The van der Waals surface area contributed by atoms with Crippen LogP contribution in [-0.2, 0) is 9.59 Å². The number of ketones is 1. The van der Waals surface area contributed by atoms with Crippen LogP contribution in [0.4, 0.5) is 5.69 Å². The number of fused-ring (bicyclic) bond motifs is 1. The summed E-state index contributed by atoms with van der Waals surface area (Å²) in [4.78, 5) is 42.4. The summed E-state index contributed by atoms with van der Waals surface area (Å²) < 4.78 is 5.54. The van der Waals surface area contributed by atoms with Gasteiger partial charge in [-0.25, -0.2) is 0 Å². The summed E-state index contributed by atoms with van der Waals surface area (Å²) in [5.74, 6) is 0.0648. The van der Waals surface area contributed by atoms with E-state index in [1.165, 1.54) is 16.2 Å². The molecule has 2 amide bonds. The molecule has 2 unspecified atom stereocenters. The molecule has 0 aliphatic carbocycles. The number of likely N-dealkylation sites (tertiary alicyclic amines) is 1. The Kier molecular flexibility index (Phi) is 5.41. The zero-order valence-corrected chi connectivity index (χ0v) is 17.4. The molecule has 7 heteroatoms. The topological polar surface area (TPSA) is 66.9 Å². The molecule has 6 nitrogen and oxygen atoms in total. The monoisotopic (exact) mass is 412 g/mol. The molecule has 2 aliphatic heterocycles. The van der Waals surface area contributed by atoms with Gasteiger partial charge in [0, 0.05) is 17.6 Å². The van der Waals surface area contributed by atoms with E-state index in [0.29, 0.717) is 21.9 Å². The predicted molar refractivity (Wildman–Crippen MR) is 112 cm³/mol. The first-order valence-corrected chi connectivity index (χ1v) is 10.8. The van der Waals surface area contributed by atoms with E-state index in [4.69, 9.17) is 4.74 Å². The van der Waals surface area contributed by atoms with Crippen molar-refractivity contribution in [1.29, 1.82) is 0 Å². The fourth-order valence-electron chi connectivity index (χ4n) is 4.20. The average molecular weight is 413 g/mol. The molecule has 0 spiro atoms. The Morgan fingerprint density at radius 1 is 1.17 bits per heavy atom. The number of rotatable bonds is 4. The van der Waals surface area contributed by atoms with Crippen LogP contribution in [0.5, 0.6) is 5.75 Å². The van der Waals surface area contributed by atoms with Crippen LogP contribution >= 0.6 is 11.3 Å². The summed E-state index contributed by atoms with van der Waals surface area (Å²) in [6.07, 6.45) is 3.06. The number of thiophene rings is 1. The zero-order valence-electron chi connectivity index (χ0n) is 16.6. The Morgan fingerprint density at radius 3 is 2.62 bits per heavy atom. The molecule has 1 fully saturated rings. The summed E-state index contributed by atoms with van der Waals surface area (Å²) >= 11 is 1.37. The lowest BCUT2D eigenvalue weighted by Crippen LogP contribution is -2.53. The van der Waals surface area contributed by atoms with Gasteiger partial charge in [0.2, 0.25) is 11.7 Å². The molecule has 3 heterocycles. The number of hydrogen-bond donors (Lipinski definition) is 0. The fourth-order valence-corrected chi connectivity index (χ4v) is 4.88. The fraction of sp³-hybridized carbons (Fsp3) is 0.409. The second-order valence-electron chi connectivity index (χ2n) is 7.69. The van der Waals surface area contributed by atoms with Gasteiger partial charge in [0.05, 0.1) is 10.6 Å². The molecule has 1 aromatic heterocycles. The van der Waals surface area contributed by atoms with Gasteiger partial charge in [0.15, 0.2) is 6.61 Å². The molecule has 2 atom stereocenters. The summed E-state index contributed by atoms with van der Waals surface area (Å²) in [6, 6.07) is 8.98. The number of carbonyl (C=O) groups excluding carboxylic acids is 3. The molecule has 29 heavy (non-hydrogen) atoms. The molecule has 2 aromatic rings. The molecule has 1 aromatic carbocycles. The standard InChI is InChI=1S/C22H24N2O4S/c1-14-5-3-6-15(2)24(14)20(25)12-23-17-11-16(22(27)19-7-4-10-29-19)8-9-18(17)28-13-21(23)26/h4,7-11,14-15H,3,5-6,12-13H2,1-2H3. The highest BCUT2D eigenvalue weighted by atomic mass is 32.1. The third-order valence-electron chi connectivity index (χ3n) is 5.68. The number of ether oxygens (including phenoxy) is 1. The van der Waals surface area contributed by atoms with E-state index in [1.54, 1.807) is 24.3 Å². The van der Waals surface area contributed by atoms with Gasteiger partial charge in [-0.2, -0.15) is 0 Å². The van der Waals surface area contributed by atoms with Gasteiger partial charge in [0.25, 0.3) is 5.91 Å². The highest BCUT2D eigenvalue weighted by molar-refractivity contribution is 7.12. The van der Waals surface area contributed by atoms with Gasteiger partial charge in [-0.1, -0.05) is 6.07 Å². The minimum atomic E-state index is -0.274. The van der Waals surface area contributed by atoms with E-state index in [1.807, 2.05) is 16.3 Å². The first-order chi connectivity index (χ1) is 14.0. The van der Waals surface area contributed by atoms with Crippen LogP contribution in [-0.4, -0.2) is 47.7 Å². The second-order valence-corrected chi connectivity index (χ2v) is 8.64. The number of piperidine rings is 1. The van der Waals surface area contributed by atoms with Crippen molar-refractivity contribution < 1.29 is 19.1 Å². The van der Waals surface area contributed by atoms with Crippen LogP contribution in [0, 0.1) is 0 Å². The van der Waals surface area contributed by atoms with Crippen LogP contribution < -0.4 is 9.64 Å². The molecular formula is C22H24N2O4S. The first-order valence-electron chi connectivity index (χ1n) is 9.92. The van der Waals surface area contributed by atoms with Crippen LogP contribution in [0.2, 0.25) is 0 Å². The predicted octanol–water partition coefficient (Wildman–Crippen LogP) is 3.49. The van der Waals surface area contributed by atoms with E-state index >= 15 is 0 Å². The molecule has 2 aliphatic rings. The number of nitrogens with zero attached hydrogens (tertiary/aromatic N) is 2. The van der Waals surface area contributed by atoms with Crippen molar-refractivity contribution in [3.8, 4) is 5.75 Å². The van der Waals surface area contributed by atoms with Crippen molar-refractivity contribution in [2.45, 2.75) is 45.2 Å². The molecule has 0 bridgehead atoms. The van der Waals surface area contributed by atoms with Gasteiger partial charge in [0.1, 0.15) is 12.3 Å².